The molecule has 0 bridgehead atoms. The molecule has 80 valence electrons. The van der Waals surface area contributed by atoms with E-state index in [-0.39, 0.29) is 6.47 Å². The first-order valence-electron chi connectivity index (χ1n) is 4.45. The molecule has 0 aliphatic heterocycles. The van der Waals surface area contributed by atoms with Gasteiger partial charge in [-0.1, -0.05) is 30.3 Å². The largest absolute Gasteiger partial charge is 0.420 e. The molecule has 0 saturated carbocycles. The summed E-state index contributed by atoms with van der Waals surface area (Å²) in [4.78, 5) is 21.3. The monoisotopic (exact) mass is 208 g/mol. The van der Waals surface area contributed by atoms with Crippen LogP contribution in [0.2, 0.25) is 0 Å². The van der Waals surface area contributed by atoms with Gasteiger partial charge in [-0.3, -0.25) is 9.59 Å². The molecule has 1 rings (SSSR count). The van der Waals surface area contributed by atoms with E-state index in [0.29, 0.717) is 5.56 Å². The Bertz CT molecular complexity index is 347. The van der Waals surface area contributed by atoms with Gasteiger partial charge in [-0.15, -0.1) is 0 Å². The van der Waals surface area contributed by atoms with E-state index in [1.54, 1.807) is 24.3 Å². The number of esters is 1. The van der Waals surface area contributed by atoms with Crippen LogP contribution in [0.1, 0.15) is 19.4 Å². The summed E-state index contributed by atoms with van der Waals surface area (Å²) >= 11 is 0. The highest BCUT2D eigenvalue weighted by Gasteiger charge is 2.31. The number of ether oxygens (including phenoxy) is 2. The third-order valence-corrected chi connectivity index (χ3v) is 1.91. The van der Waals surface area contributed by atoms with Gasteiger partial charge in [-0.05, 0) is 0 Å². The minimum absolute atomic E-state index is 0.260. The molecule has 0 amide bonds. The van der Waals surface area contributed by atoms with E-state index < -0.39 is 11.8 Å². The van der Waals surface area contributed by atoms with E-state index in [0.717, 1.165) is 0 Å². The van der Waals surface area contributed by atoms with Crippen LogP contribution in [0.4, 0.5) is 0 Å². The van der Waals surface area contributed by atoms with E-state index in [1.165, 1.54) is 13.8 Å². The summed E-state index contributed by atoms with van der Waals surface area (Å²) in [5.74, 6) is -1.86. The Balaban J connectivity index is 3.00. The average molecular weight is 208 g/mol. The number of carbonyl (C=O) groups excluding carboxylic acids is 2. The maximum Gasteiger partial charge on any atom is 0.306 e. The first-order chi connectivity index (χ1) is 7.08. The van der Waals surface area contributed by atoms with Gasteiger partial charge in [0.15, 0.2) is 0 Å². The summed E-state index contributed by atoms with van der Waals surface area (Å²) in [6.07, 6.45) is 0. The van der Waals surface area contributed by atoms with Crippen LogP contribution in [0.25, 0.3) is 0 Å². The van der Waals surface area contributed by atoms with Crippen molar-refractivity contribution in [3.05, 3.63) is 35.9 Å². The quantitative estimate of drug-likeness (QED) is 0.428. The van der Waals surface area contributed by atoms with Crippen LogP contribution in [-0.4, -0.2) is 12.4 Å². The molecule has 0 aromatic heterocycles. The van der Waals surface area contributed by atoms with Crippen LogP contribution in [0.3, 0.4) is 0 Å². The zero-order chi connectivity index (χ0) is 11.3. The Morgan fingerprint density at radius 2 is 1.93 bits per heavy atom. The van der Waals surface area contributed by atoms with Gasteiger partial charge in [0, 0.05) is 19.4 Å². The fourth-order valence-electron chi connectivity index (χ4n) is 1.26. The van der Waals surface area contributed by atoms with E-state index in [9.17, 15) is 9.59 Å². The Labute approximate surface area is 87.8 Å². The SMILES string of the molecule is CC(=O)OC(C)(OC=O)c1ccccc1. The van der Waals surface area contributed by atoms with Crippen molar-refractivity contribution in [2.24, 2.45) is 0 Å². The highest BCUT2D eigenvalue weighted by atomic mass is 16.7. The molecule has 0 saturated heterocycles. The van der Waals surface area contributed by atoms with Crippen LogP contribution in [0, 0.1) is 0 Å². The molecular weight excluding hydrogens is 196 g/mol. The van der Waals surface area contributed by atoms with Crippen LogP contribution < -0.4 is 0 Å². The molecule has 1 unspecified atom stereocenters. The Hall–Kier alpha value is -1.84. The molecular formula is C11H12O4. The van der Waals surface area contributed by atoms with Crippen molar-refractivity contribution in [2.45, 2.75) is 19.6 Å². The van der Waals surface area contributed by atoms with Crippen LogP contribution in [0.15, 0.2) is 30.3 Å². The van der Waals surface area contributed by atoms with Gasteiger partial charge in [-0.2, -0.15) is 0 Å². The number of carbonyl (C=O) groups is 2. The highest BCUT2D eigenvalue weighted by molar-refractivity contribution is 5.66. The third kappa shape index (κ3) is 2.80. The lowest BCUT2D eigenvalue weighted by Gasteiger charge is -2.26. The molecule has 0 aliphatic carbocycles. The molecule has 1 atom stereocenters. The van der Waals surface area contributed by atoms with Gasteiger partial charge in [0.25, 0.3) is 12.3 Å². The molecule has 1 aromatic rings. The van der Waals surface area contributed by atoms with E-state index in [2.05, 4.69) is 0 Å². The van der Waals surface area contributed by atoms with Crippen molar-refractivity contribution in [3.63, 3.8) is 0 Å². The summed E-state index contributed by atoms with van der Waals surface area (Å²) < 4.78 is 9.77. The second-order valence-corrected chi connectivity index (χ2v) is 3.12. The lowest BCUT2D eigenvalue weighted by atomic mass is 10.1. The number of hydrogen-bond acceptors (Lipinski definition) is 4. The van der Waals surface area contributed by atoms with Crippen LogP contribution >= 0.6 is 0 Å². The normalized spacial score (nSPS) is 13.7. The van der Waals surface area contributed by atoms with Crippen LogP contribution in [-0.2, 0) is 24.8 Å². The predicted molar refractivity (Wildman–Crippen MR) is 52.7 cm³/mol. The first kappa shape index (κ1) is 11.2. The second kappa shape index (κ2) is 4.59. The lowest BCUT2D eigenvalue weighted by Crippen LogP contribution is -2.31. The molecule has 0 N–H and O–H groups in total. The summed E-state index contributed by atoms with van der Waals surface area (Å²) in [6, 6.07) is 8.79. The minimum atomic E-state index is -1.35. The standard InChI is InChI=1S/C11H12O4/c1-9(13)15-11(2,14-8-12)10-6-4-3-5-7-10/h3-8H,1-2H3. The van der Waals surface area contributed by atoms with Gasteiger partial charge >= 0.3 is 5.97 Å². The Morgan fingerprint density at radius 1 is 1.33 bits per heavy atom. The van der Waals surface area contributed by atoms with Crippen molar-refractivity contribution in [2.75, 3.05) is 0 Å². The lowest BCUT2D eigenvalue weighted by molar-refractivity contribution is -0.217. The molecule has 0 heterocycles. The summed E-state index contributed by atoms with van der Waals surface area (Å²) in [5, 5.41) is 0. The highest BCUT2D eigenvalue weighted by Crippen LogP contribution is 2.25. The Morgan fingerprint density at radius 3 is 2.40 bits per heavy atom. The molecule has 1 aromatic carbocycles. The van der Waals surface area contributed by atoms with Gasteiger partial charge in [0.05, 0.1) is 0 Å². The topological polar surface area (TPSA) is 52.6 Å². The molecule has 0 spiro atoms. The smallest absolute Gasteiger partial charge is 0.306 e. The number of benzene rings is 1. The predicted octanol–water partition coefficient (Wildman–Crippen LogP) is 1.60. The number of rotatable bonds is 4. The van der Waals surface area contributed by atoms with Crippen LogP contribution in [0.5, 0.6) is 0 Å². The van der Waals surface area contributed by atoms with Crippen molar-refractivity contribution >= 4 is 12.4 Å². The summed E-state index contributed by atoms with van der Waals surface area (Å²) in [5.41, 5.74) is 0.604. The third-order valence-electron chi connectivity index (χ3n) is 1.91. The first-order valence-corrected chi connectivity index (χ1v) is 4.45. The molecule has 0 fully saturated rings. The summed E-state index contributed by atoms with van der Waals surface area (Å²) in [6.45, 7) is 3.03. The molecule has 0 aliphatic rings. The van der Waals surface area contributed by atoms with E-state index in [4.69, 9.17) is 9.47 Å². The maximum absolute atomic E-state index is 10.9. The van der Waals surface area contributed by atoms with Gasteiger partial charge in [0.2, 0.25) is 0 Å². The molecule has 0 radical (unpaired) electrons. The fraction of sp³-hybridized carbons (Fsp3) is 0.273. The summed E-state index contributed by atoms with van der Waals surface area (Å²) in [7, 11) is 0. The zero-order valence-electron chi connectivity index (χ0n) is 8.60. The number of hydrogen-bond donors (Lipinski definition) is 0. The van der Waals surface area contributed by atoms with Crippen molar-refractivity contribution in [3.8, 4) is 0 Å². The molecule has 15 heavy (non-hydrogen) atoms. The molecule has 4 heteroatoms. The van der Waals surface area contributed by atoms with Crippen molar-refractivity contribution in [1.82, 2.24) is 0 Å². The van der Waals surface area contributed by atoms with Gasteiger partial charge in [0.1, 0.15) is 0 Å². The van der Waals surface area contributed by atoms with E-state index in [1.807, 2.05) is 6.07 Å². The maximum atomic E-state index is 10.9. The molecule has 4 nitrogen and oxygen atoms in total. The van der Waals surface area contributed by atoms with Gasteiger partial charge < -0.3 is 9.47 Å². The Kier molecular flexibility index (Phi) is 3.44. The fourth-order valence-corrected chi connectivity index (χ4v) is 1.26. The van der Waals surface area contributed by atoms with E-state index >= 15 is 0 Å². The average Bonchev–Trinajstić information content (AvgIpc) is 2.18. The van der Waals surface area contributed by atoms with Crippen molar-refractivity contribution in [1.29, 1.82) is 0 Å². The zero-order valence-corrected chi connectivity index (χ0v) is 8.60. The van der Waals surface area contributed by atoms with Crippen molar-refractivity contribution < 1.29 is 19.1 Å². The minimum Gasteiger partial charge on any atom is -0.420 e. The van der Waals surface area contributed by atoms with Gasteiger partial charge in [-0.25, -0.2) is 0 Å². The second-order valence-electron chi connectivity index (χ2n) is 3.12.